The Morgan fingerprint density at radius 3 is 0.803 bits per heavy atom. The van der Waals surface area contributed by atoms with E-state index < -0.39 is 6.16 Å². The van der Waals surface area contributed by atoms with Crippen LogP contribution in [0, 0.1) is 0 Å². The van der Waals surface area contributed by atoms with E-state index in [2.05, 4.69) is 116 Å². The van der Waals surface area contributed by atoms with Crippen molar-refractivity contribution in [2.75, 3.05) is 27.2 Å². The maximum atomic E-state index is 7.10. The molecule has 0 saturated carbocycles. The van der Waals surface area contributed by atoms with E-state index in [9.17, 15) is 0 Å². The molecule has 0 N–H and O–H groups in total. The summed E-state index contributed by atoms with van der Waals surface area (Å²) in [4.78, 5) is 0. The maximum Gasteiger partial charge on any atom is 0.514 e. The summed E-state index contributed by atoms with van der Waals surface area (Å²) in [6, 6.07) is 9.73. The van der Waals surface area contributed by atoms with Crippen LogP contribution in [0.5, 0.6) is 46.0 Å². The van der Waals surface area contributed by atoms with E-state index in [1.54, 1.807) is 0 Å². The van der Waals surface area contributed by atoms with E-state index in [1.165, 1.54) is 0 Å². The third-order valence-electron chi connectivity index (χ3n) is 15.6. The molecule has 2 unspecified atom stereocenters. The molecule has 10 nitrogen and oxygen atoms in total. The molecule has 384 valence electrons. The normalized spacial score (nSPS) is 20.5. The molecule has 5 heterocycles. The van der Waals surface area contributed by atoms with Crippen LogP contribution < -0.4 is 37.9 Å². The molecular formula is C57H68Br4O10. The predicted octanol–water partition coefficient (Wildman–Crippen LogP) is 17.0. The molecule has 0 radical (unpaired) electrons. The fraction of sp³-hybridized carbons (Fsp3) is 0.579. The molecule has 1 spiro atoms. The van der Waals surface area contributed by atoms with Crippen molar-refractivity contribution < 1.29 is 47.4 Å². The van der Waals surface area contributed by atoms with Gasteiger partial charge in [0, 0.05) is 112 Å². The molecule has 4 aromatic rings. The molecule has 4 aromatic carbocycles. The number of alkyl halides is 4. The van der Waals surface area contributed by atoms with Crippen LogP contribution >= 0.6 is 63.7 Å². The number of rotatable bonds is 20. The van der Waals surface area contributed by atoms with Crippen molar-refractivity contribution in [1.29, 1.82) is 0 Å². The highest BCUT2D eigenvalue weighted by Gasteiger charge is 2.52. The van der Waals surface area contributed by atoms with Gasteiger partial charge in [0.15, 0.2) is 6.79 Å². The molecule has 1 fully saturated rings. The molecule has 2 atom stereocenters. The van der Waals surface area contributed by atoms with E-state index >= 15 is 0 Å². The molecule has 5 aliphatic heterocycles. The summed E-state index contributed by atoms with van der Waals surface area (Å²) in [6.45, 7) is 9.10. The lowest BCUT2D eigenvalue weighted by Crippen LogP contribution is -2.57. The summed E-state index contributed by atoms with van der Waals surface area (Å²) in [5.41, 5.74) is 12.7. The van der Waals surface area contributed by atoms with Crippen molar-refractivity contribution in [3.05, 3.63) is 91.0 Å². The van der Waals surface area contributed by atoms with Gasteiger partial charge in [0.05, 0.1) is 0 Å². The van der Waals surface area contributed by atoms with Gasteiger partial charge in [-0.25, -0.2) is 0 Å². The second kappa shape index (κ2) is 22.9. The largest absolute Gasteiger partial charge is 0.514 e. The summed E-state index contributed by atoms with van der Waals surface area (Å²) < 4.78 is 68.4. The smallest absolute Gasteiger partial charge is 0.457 e. The summed E-state index contributed by atoms with van der Waals surface area (Å²) in [5.74, 6) is 5.61. The van der Waals surface area contributed by atoms with Crippen LogP contribution in [0.1, 0.15) is 221 Å². The van der Waals surface area contributed by atoms with Gasteiger partial charge in [-0.1, -0.05) is 168 Å². The van der Waals surface area contributed by atoms with E-state index in [0.717, 1.165) is 204 Å². The zero-order valence-corrected chi connectivity index (χ0v) is 48.0. The molecule has 8 bridgehead atoms. The standard InChI is InChI=1S/C57H68Br4O10/c1-5-9-13-17-33-37-21-39-34(18-14-10-6-2)41-23-43-36(20-16-12-8-4)44-24-42-35(19-15-11-7-3)40-22-38(33)50-46(26-59)52(40)65-31-67-54(42)48(28-61)56(44)71-57(68-32-69-57)70-55(43)47(27-60)53(41)66-30-64-51(39)45(25-58)49(37)62-29-63-50/h21-24,33-36H,5-20,25-32H2,1-4H3. The average molecular weight is 1230 g/mol. The highest BCUT2D eigenvalue weighted by molar-refractivity contribution is 9.09. The monoisotopic (exact) mass is 1230 g/mol. The third kappa shape index (κ3) is 9.50. The fourth-order valence-electron chi connectivity index (χ4n) is 12.1. The minimum Gasteiger partial charge on any atom is -0.457 e. The summed E-state index contributed by atoms with van der Waals surface area (Å²) >= 11 is 16.0. The number of benzene rings is 4. The second-order valence-electron chi connectivity index (χ2n) is 19.8. The summed E-state index contributed by atoms with van der Waals surface area (Å²) in [7, 11) is 0. The van der Waals surface area contributed by atoms with Gasteiger partial charge in [-0.3, -0.25) is 9.47 Å². The maximum absolute atomic E-state index is 7.10. The van der Waals surface area contributed by atoms with E-state index in [0.29, 0.717) is 32.8 Å². The van der Waals surface area contributed by atoms with Gasteiger partial charge in [-0.2, -0.15) is 0 Å². The molecule has 10 rings (SSSR count). The highest BCUT2D eigenvalue weighted by Crippen LogP contribution is 2.60. The third-order valence-corrected chi connectivity index (χ3v) is 17.8. The summed E-state index contributed by atoms with van der Waals surface area (Å²) in [5, 5.41) is 1.94. The Labute approximate surface area is 453 Å². The van der Waals surface area contributed by atoms with E-state index in [1.807, 2.05) is 0 Å². The van der Waals surface area contributed by atoms with Gasteiger partial charge in [-0.15, -0.1) is 0 Å². The van der Waals surface area contributed by atoms with Crippen LogP contribution in [0.3, 0.4) is 0 Å². The van der Waals surface area contributed by atoms with Crippen LogP contribution in [0.4, 0.5) is 0 Å². The fourth-order valence-corrected chi connectivity index (χ4v) is 14.2. The van der Waals surface area contributed by atoms with Crippen LogP contribution in [0.15, 0.2) is 24.3 Å². The first-order valence-corrected chi connectivity index (χ1v) is 30.8. The Kier molecular flexibility index (Phi) is 16.7. The summed E-state index contributed by atoms with van der Waals surface area (Å²) in [6.07, 6.45) is 14.5. The van der Waals surface area contributed by atoms with Gasteiger partial charge in [0.2, 0.25) is 20.4 Å². The minimum absolute atomic E-state index is 0.0162. The number of hydrogen-bond acceptors (Lipinski definition) is 10. The van der Waals surface area contributed by atoms with Gasteiger partial charge in [0.1, 0.15) is 46.0 Å². The first-order chi connectivity index (χ1) is 34.9. The molecular weight excluding hydrogens is 1160 g/mol. The SMILES string of the molecule is CCCCCC1c2cc3c4c(CBr)c2OCOc2c1cc1c(c2CBr)OCOc2c(cc5c(c2CBr)OC2(OCO2)Oc2c(cc(c(c2CBr)OCO4)C3CCCCC)C5CCCCC)C1CCCCC. The number of hydrogen-bond donors (Lipinski definition) is 0. The Morgan fingerprint density at radius 2 is 0.592 bits per heavy atom. The Balaban J connectivity index is 1.40. The second-order valence-corrected chi connectivity index (χ2v) is 22.1. The predicted molar refractivity (Wildman–Crippen MR) is 290 cm³/mol. The van der Waals surface area contributed by atoms with Gasteiger partial charge >= 0.3 is 6.16 Å². The molecule has 71 heavy (non-hydrogen) atoms. The van der Waals surface area contributed by atoms with Crippen LogP contribution in [0.2, 0.25) is 0 Å². The van der Waals surface area contributed by atoms with Crippen molar-refractivity contribution >= 4 is 63.7 Å². The quantitative estimate of drug-likeness (QED) is 0.0629. The number of unbranched alkanes of at least 4 members (excludes halogenated alkanes) is 8. The Hall–Kier alpha value is -2.88. The average Bonchev–Trinajstić information content (AvgIpc) is 3.35. The molecule has 0 aromatic heterocycles. The van der Waals surface area contributed by atoms with Crippen molar-refractivity contribution in [3.8, 4) is 46.0 Å². The first-order valence-electron chi connectivity index (χ1n) is 26.3. The lowest BCUT2D eigenvalue weighted by Gasteiger charge is -2.43. The molecule has 6 aliphatic rings. The van der Waals surface area contributed by atoms with E-state index in [4.69, 9.17) is 47.4 Å². The Morgan fingerprint density at radius 1 is 0.352 bits per heavy atom. The Bertz CT molecular complexity index is 2420. The highest BCUT2D eigenvalue weighted by atomic mass is 79.9. The minimum atomic E-state index is -1.85. The number of ether oxygens (including phenoxy) is 10. The zero-order chi connectivity index (χ0) is 49.2. The van der Waals surface area contributed by atoms with E-state index in [-0.39, 0.29) is 50.8 Å². The number of halogens is 4. The molecule has 1 aliphatic carbocycles. The van der Waals surface area contributed by atoms with Gasteiger partial charge in [-0.05, 0) is 49.9 Å². The van der Waals surface area contributed by atoms with Crippen molar-refractivity contribution in [2.24, 2.45) is 0 Å². The molecule has 0 amide bonds. The van der Waals surface area contributed by atoms with Crippen molar-refractivity contribution in [1.82, 2.24) is 0 Å². The van der Waals surface area contributed by atoms with Crippen molar-refractivity contribution in [3.63, 3.8) is 0 Å². The lowest BCUT2D eigenvalue weighted by molar-refractivity contribution is -0.551. The van der Waals surface area contributed by atoms with Gasteiger partial charge < -0.3 is 37.9 Å². The van der Waals surface area contributed by atoms with Crippen molar-refractivity contribution in [2.45, 2.75) is 182 Å². The molecule has 1 saturated heterocycles. The van der Waals surface area contributed by atoms with Crippen LogP contribution in [0.25, 0.3) is 0 Å². The first kappa shape index (κ1) is 51.6. The topological polar surface area (TPSA) is 92.3 Å². The van der Waals surface area contributed by atoms with Gasteiger partial charge in [0.25, 0.3) is 0 Å². The van der Waals surface area contributed by atoms with Crippen LogP contribution in [-0.2, 0) is 30.8 Å². The zero-order valence-electron chi connectivity index (χ0n) is 41.7. The van der Waals surface area contributed by atoms with Crippen LogP contribution in [-0.4, -0.2) is 33.3 Å². The lowest BCUT2D eigenvalue weighted by atomic mass is 9.74. The molecule has 14 heteroatoms.